The number of benzene rings is 2. The number of alkyl carbamates (subject to hydrolysis) is 1. The summed E-state index contributed by atoms with van der Waals surface area (Å²) >= 11 is 0. The van der Waals surface area contributed by atoms with Crippen LogP contribution in [0.3, 0.4) is 0 Å². The Bertz CT molecular complexity index is 2320. The van der Waals surface area contributed by atoms with Crippen molar-refractivity contribution in [3.05, 3.63) is 88.8 Å². The number of nitrogens with two attached hydrogens (primary N) is 1. The summed E-state index contributed by atoms with van der Waals surface area (Å²) in [5.41, 5.74) is 5.60. The summed E-state index contributed by atoms with van der Waals surface area (Å²) < 4.78 is 25.7. The maximum atomic E-state index is 14.1. The first-order chi connectivity index (χ1) is 31.1. The molecule has 66 heavy (non-hydrogen) atoms. The van der Waals surface area contributed by atoms with Gasteiger partial charge in [-0.05, 0) is 110 Å². The highest BCUT2D eigenvalue weighted by molar-refractivity contribution is 6.12. The molecule has 3 amide bonds. The van der Waals surface area contributed by atoms with Crippen LogP contribution in [0.4, 0.5) is 10.5 Å². The molecule has 0 spiro atoms. The summed E-state index contributed by atoms with van der Waals surface area (Å²) in [5, 5.41) is 26.7. The van der Waals surface area contributed by atoms with Crippen LogP contribution >= 0.6 is 0 Å². The highest BCUT2D eigenvalue weighted by atomic mass is 16.7. The number of ether oxygens (including phenoxy) is 5. The van der Waals surface area contributed by atoms with Gasteiger partial charge in [0.25, 0.3) is 11.8 Å². The van der Waals surface area contributed by atoms with Gasteiger partial charge < -0.3 is 55.9 Å². The fourth-order valence-corrected chi connectivity index (χ4v) is 6.01. The summed E-state index contributed by atoms with van der Waals surface area (Å²) in [6.07, 6.45) is 2.06. The number of pyridine rings is 1. The molecule has 1 fully saturated rings. The lowest BCUT2D eigenvalue weighted by molar-refractivity contribution is -0.168. The predicted molar refractivity (Wildman–Crippen MR) is 241 cm³/mol. The van der Waals surface area contributed by atoms with E-state index in [9.17, 15) is 38.7 Å². The van der Waals surface area contributed by atoms with E-state index >= 15 is 0 Å². The molecule has 1 aliphatic rings. The molecule has 0 bridgehead atoms. The van der Waals surface area contributed by atoms with Crippen LogP contribution in [0.2, 0.25) is 0 Å². The number of anilines is 1. The average Bonchev–Trinajstić information content (AvgIpc) is 4.10. The van der Waals surface area contributed by atoms with E-state index in [0.29, 0.717) is 29.2 Å². The van der Waals surface area contributed by atoms with Gasteiger partial charge in [0.05, 0.1) is 13.0 Å². The molecule has 354 valence electrons. The van der Waals surface area contributed by atoms with Gasteiger partial charge in [-0.25, -0.2) is 19.4 Å². The van der Waals surface area contributed by atoms with E-state index in [1.54, 1.807) is 48.5 Å². The molecule has 0 saturated heterocycles. The molecule has 1 aromatic heterocycles. The Morgan fingerprint density at radius 3 is 2.12 bits per heavy atom. The minimum absolute atomic E-state index is 0.0143. The molecule has 1 heterocycles. The van der Waals surface area contributed by atoms with Crippen LogP contribution in [0.5, 0.6) is 0 Å². The van der Waals surface area contributed by atoms with Crippen LogP contribution in [0, 0.1) is 23.2 Å². The number of aliphatic hydroxyl groups excluding tert-OH is 1. The van der Waals surface area contributed by atoms with Crippen molar-refractivity contribution in [2.45, 2.75) is 92.0 Å². The third-order valence-electron chi connectivity index (χ3n) is 9.98. The first-order valence-electron chi connectivity index (χ1n) is 21.2. The van der Waals surface area contributed by atoms with E-state index in [1.165, 1.54) is 54.6 Å². The topological polar surface area (TPSA) is 285 Å². The van der Waals surface area contributed by atoms with Crippen molar-refractivity contribution in [1.29, 1.82) is 5.41 Å². The number of aliphatic hydroxyl groups is 1. The molecular formula is C47H58N6O13. The molecule has 1 saturated carbocycles. The van der Waals surface area contributed by atoms with Crippen LogP contribution in [0.1, 0.15) is 116 Å². The molecule has 1 aliphatic carbocycles. The fourth-order valence-electron chi connectivity index (χ4n) is 6.01. The maximum Gasteiger partial charge on any atom is 0.408 e. The molecule has 0 aliphatic heterocycles. The SMILES string of the molecule is C=Cc1cc(C(=O)Nc2ccc(C(=N)CC(=O)OCOC(=O)[C@@H](N)C(C)C)cc2)c(-c2ccc(C(=O)NCC3CC3)nc2C(=O)OCOC(=O)[C@@H](NC(=O)OC(C)(C)C)C(C)C)cc1CO. The second-order valence-electron chi connectivity index (χ2n) is 17.1. The highest BCUT2D eigenvalue weighted by Gasteiger charge is 2.30. The predicted octanol–water partition coefficient (Wildman–Crippen LogP) is 5.27. The lowest BCUT2D eigenvalue weighted by Gasteiger charge is -2.24. The van der Waals surface area contributed by atoms with Crippen molar-refractivity contribution in [3.8, 4) is 11.1 Å². The van der Waals surface area contributed by atoms with E-state index in [0.717, 1.165) is 12.8 Å². The Morgan fingerprint density at radius 2 is 1.53 bits per heavy atom. The molecule has 2 atom stereocenters. The number of amides is 3. The van der Waals surface area contributed by atoms with Gasteiger partial charge in [-0.15, -0.1) is 0 Å². The summed E-state index contributed by atoms with van der Waals surface area (Å²) in [6, 6.07) is 9.59. The summed E-state index contributed by atoms with van der Waals surface area (Å²) in [5.74, 6) is -5.17. The van der Waals surface area contributed by atoms with Gasteiger partial charge in [-0.1, -0.05) is 52.5 Å². The number of esters is 4. The Labute approximate surface area is 382 Å². The number of hydrogen-bond donors (Lipinski definition) is 6. The van der Waals surface area contributed by atoms with E-state index in [-0.39, 0.29) is 39.7 Å². The second-order valence-corrected chi connectivity index (χ2v) is 17.1. The highest BCUT2D eigenvalue weighted by Crippen LogP contribution is 2.32. The normalized spacial score (nSPS) is 13.1. The van der Waals surface area contributed by atoms with Gasteiger partial charge >= 0.3 is 30.0 Å². The Hall–Kier alpha value is -6.99. The van der Waals surface area contributed by atoms with Gasteiger partial charge in [0.15, 0.2) is 5.69 Å². The van der Waals surface area contributed by atoms with Crippen LogP contribution in [0.25, 0.3) is 17.2 Å². The quantitative estimate of drug-likeness (QED) is 0.0344. The number of nitrogens with zero attached hydrogens (tertiary/aromatic N) is 1. The van der Waals surface area contributed by atoms with Crippen LogP contribution in [0.15, 0.2) is 55.1 Å². The van der Waals surface area contributed by atoms with Gasteiger partial charge in [-0.2, -0.15) is 0 Å². The summed E-state index contributed by atoms with van der Waals surface area (Å²) in [4.78, 5) is 95.4. The van der Waals surface area contributed by atoms with Gasteiger partial charge in [0, 0.05) is 29.1 Å². The summed E-state index contributed by atoms with van der Waals surface area (Å²) in [6.45, 7) is 13.9. The third kappa shape index (κ3) is 15.1. The molecule has 7 N–H and O–H groups in total. The van der Waals surface area contributed by atoms with Crippen LogP contribution in [-0.4, -0.2) is 95.4 Å². The molecule has 3 aromatic rings. The zero-order chi connectivity index (χ0) is 48.9. The second kappa shape index (κ2) is 23.3. The van der Waals surface area contributed by atoms with E-state index in [1.807, 2.05) is 0 Å². The lowest BCUT2D eigenvalue weighted by Crippen LogP contribution is -2.47. The van der Waals surface area contributed by atoms with Crippen molar-refractivity contribution < 1.29 is 62.4 Å². The lowest BCUT2D eigenvalue weighted by atomic mass is 9.92. The Balaban J connectivity index is 1.59. The first-order valence-corrected chi connectivity index (χ1v) is 21.2. The monoisotopic (exact) mass is 914 g/mol. The Kier molecular flexibility index (Phi) is 18.2. The molecule has 19 heteroatoms. The van der Waals surface area contributed by atoms with Crippen molar-refractivity contribution in [2.75, 3.05) is 25.4 Å². The summed E-state index contributed by atoms with van der Waals surface area (Å²) in [7, 11) is 0. The van der Waals surface area contributed by atoms with Crippen LogP contribution in [-0.2, 0) is 44.7 Å². The van der Waals surface area contributed by atoms with E-state index in [2.05, 4.69) is 27.5 Å². The number of carbonyl (C=O) groups is 7. The average molecular weight is 915 g/mol. The molecule has 0 unspecified atom stereocenters. The minimum atomic E-state index is -1.17. The molecule has 0 radical (unpaired) electrons. The van der Waals surface area contributed by atoms with Crippen molar-refractivity contribution >= 4 is 59.3 Å². The standard InChI is InChI=1S/C47H58N6O13/c1-9-28-18-34(41(56)51-31-14-12-29(13-15-31)35(48)20-37(55)62-23-63-43(58)38(49)25(2)3)33(19-30(28)22-54)32-16-17-36(42(57)50-21-27-10-11-27)52-40(32)45(60)65-24-64-44(59)39(26(4)5)53-46(61)66-47(6,7)8/h9,12-19,25-27,38-39,48,54H,1,10-11,20-24,49H2,2-8H3,(H,50,57)(H,51,56)(H,53,61)/t38-,39-/m0/s1. The van der Waals surface area contributed by atoms with E-state index < -0.39 is 97.7 Å². The largest absolute Gasteiger partial charge is 0.444 e. The third-order valence-corrected chi connectivity index (χ3v) is 9.98. The fraction of sp³-hybridized carbons (Fsp3) is 0.426. The Morgan fingerprint density at radius 1 is 0.879 bits per heavy atom. The van der Waals surface area contributed by atoms with Crippen LogP contribution < -0.4 is 21.7 Å². The number of rotatable bonds is 21. The van der Waals surface area contributed by atoms with Gasteiger partial charge in [0.2, 0.25) is 13.6 Å². The number of carbonyl (C=O) groups excluding carboxylic acids is 7. The number of aromatic nitrogens is 1. The zero-order valence-corrected chi connectivity index (χ0v) is 38.1. The molecular weight excluding hydrogens is 857 g/mol. The van der Waals surface area contributed by atoms with Gasteiger partial charge in [-0.3, -0.25) is 19.2 Å². The van der Waals surface area contributed by atoms with Gasteiger partial charge in [0.1, 0.15) is 23.4 Å². The van der Waals surface area contributed by atoms with Crippen molar-refractivity contribution in [1.82, 2.24) is 15.6 Å². The number of nitrogens with one attached hydrogen (secondary N) is 4. The number of hydrogen-bond acceptors (Lipinski definition) is 16. The van der Waals surface area contributed by atoms with E-state index in [4.69, 9.17) is 34.8 Å². The molecule has 19 nitrogen and oxygen atoms in total. The first kappa shape index (κ1) is 51.6. The van der Waals surface area contributed by atoms with Crippen molar-refractivity contribution in [2.24, 2.45) is 23.5 Å². The molecule has 2 aromatic carbocycles. The smallest absolute Gasteiger partial charge is 0.408 e. The minimum Gasteiger partial charge on any atom is -0.444 e. The maximum absolute atomic E-state index is 14.1. The van der Waals surface area contributed by atoms with Crippen molar-refractivity contribution in [3.63, 3.8) is 0 Å². The molecule has 4 rings (SSSR count). The zero-order valence-electron chi connectivity index (χ0n) is 38.1.